The molecule has 5 atom stereocenters. The van der Waals surface area contributed by atoms with Crippen LogP contribution in [0.2, 0.25) is 0 Å². The van der Waals surface area contributed by atoms with Crippen LogP contribution in [0.15, 0.2) is 12.7 Å². The van der Waals surface area contributed by atoms with Gasteiger partial charge in [-0.1, -0.05) is 0 Å². The van der Waals surface area contributed by atoms with E-state index in [0.29, 0.717) is 22.2 Å². The van der Waals surface area contributed by atoms with E-state index in [1.807, 2.05) is 21.1 Å². The lowest BCUT2D eigenvalue weighted by Gasteiger charge is -2.29. The summed E-state index contributed by atoms with van der Waals surface area (Å²) in [6.07, 6.45) is 0.338. The zero-order valence-corrected chi connectivity index (χ0v) is 19.6. The summed E-state index contributed by atoms with van der Waals surface area (Å²) in [4.78, 5) is 24.7. The largest absolute Gasteiger partial charge is 0.756 e. The van der Waals surface area contributed by atoms with Crippen molar-refractivity contribution >= 4 is 24.8 Å². The number of anilines is 1. The maximum atomic E-state index is 12.2. The van der Waals surface area contributed by atoms with Gasteiger partial charge >= 0.3 is 0 Å². The van der Waals surface area contributed by atoms with Crippen molar-refractivity contribution < 1.29 is 37.2 Å². The van der Waals surface area contributed by atoms with Crippen molar-refractivity contribution in [3.8, 4) is 0 Å². The number of nitrogen functional groups attached to an aromatic ring is 1. The summed E-state index contributed by atoms with van der Waals surface area (Å²) >= 11 is 0. The lowest BCUT2D eigenvalue weighted by Crippen LogP contribution is -2.37. The Hall–Kier alpha value is -1.70. The Morgan fingerprint density at radius 3 is 2.66 bits per heavy atom. The lowest BCUT2D eigenvalue weighted by molar-refractivity contribution is -0.870. The predicted octanol–water partition coefficient (Wildman–Crippen LogP) is 0.0338. The fraction of sp³-hybridized carbons (Fsp3) is 0.722. The molecule has 0 aromatic carbocycles. The maximum Gasteiger partial charge on any atom is 0.268 e. The molecular weight excluding hydrogens is 443 g/mol. The molecule has 0 amide bonds. The second kappa shape index (κ2) is 8.26. The van der Waals surface area contributed by atoms with E-state index in [9.17, 15) is 9.46 Å². The summed E-state index contributed by atoms with van der Waals surface area (Å²) in [6, 6.07) is 0. The molecule has 4 rings (SSSR count). The Bertz CT molecular complexity index is 1020. The first-order valence-corrected chi connectivity index (χ1v) is 11.7. The Morgan fingerprint density at radius 1 is 1.22 bits per heavy atom. The van der Waals surface area contributed by atoms with Crippen molar-refractivity contribution in [1.29, 1.82) is 0 Å². The number of quaternary nitrogens is 1. The molecule has 13 nitrogen and oxygen atoms in total. The fourth-order valence-corrected chi connectivity index (χ4v) is 4.41. The third kappa shape index (κ3) is 4.95. The van der Waals surface area contributed by atoms with E-state index in [1.54, 1.807) is 18.4 Å². The van der Waals surface area contributed by atoms with Crippen LogP contribution in [0.25, 0.3) is 11.2 Å². The van der Waals surface area contributed by atoms with Crippen LogP contribution in [0.1, 0.15) is 20.1 Å². The molecule has 2 fully saturated rings. The van der Waals surface area contributed by atoms with Gasteiger partial charge in [0.25, 0.3) is 7.82 Å². The van der Waals surface area contributed by atoms with Crippen LogP contribution >= 0.6 is 7.82 Å². The van der Waals surface area contributed by atoms with Crippen molar-refractivity contribution in [3.63, 3.8) is 0 Å². The minimum Gasteiger partial charge on any atom is -0.756 e. The number of imidazole rings is 1. The van der Waals surface area contributed by atoms with Gasteiger partial charge in [0, 0.05) is 0 Å². The van der Waals surface area contributed by atoms with Crippen LogP contribution in [0.3, 0.4) is 0 Å². The zero-order valence-electron chi connectivity index (χ0n) is 18.7. The molecule has 178 valence electrons. The highest BCUT2D eigenvalue weighted by molar-refractivity contribution is 7.45. The molecular formula is C18H29N6O7P. The quantitative estimate of drug-likeness (QED) is 0.408. The fourth-order valence-electron chi connectivity index (χ4n) is 3.70. The van der Waals surface area contributed by atoms with Crippen molar-refractivity contribution in [3.05, 3.63) is 12.7 Å². The van der Waals surface area contributed by atoms with Crippen LogP contribution in [0.4, 0.5) is 5.82 Å². The van der Waals surface area contributed by atoms with E-state index in [-0.39, 0.29) is 19.0 Å². The van der Waals surface area contributed by atoms with Crippen molar-refractivity contribution in [2.75, 3.05) is 46.6 Å². The number of rotatable bonds is 8. The molecule has 2 aromatic heterocycles. The van der Waals surface area contributed by atoms with Crippen LogP contribution in [-0.4, -0.2) is 89.0 Å². The standard InChI is InChI=1S/C18H29N6O7P/c1-18(2)30-13-11(8-28-32(25,26)27-7-6-24(3,4)5)29-17(14(13)31-18)23-10-22-12-15(19)20-9-21-16(12)23/h9-11,13-14,17H,6-8H2,1-5H3,(H2-,19,20,21,25,26)/t11-,13-,14-,17-/m1/s1. The molecule has 0 aliphatic carbocycles. The number of nitrogens with two attached hydrogens (primary N) is 1. The number of aromatic nitrogens is 4. The number of ether oxygens (including phenoxy) is 3. The minimum absolute atomic E-state index is 0.0132. The molecule has 1 unspecified atom stereocenters. The maximum absolute atomic E-state index is 12.2. The van der Waals surface area contributed by atoms with Gasteiger partial charge in [0.05, 0.1) is 34.1 Å². The number of hydrogen-bond donors (Lipinski definition) is 1. The summed E-state index contributed by atoms with van der Waals surface area (Å²) in [5.74, 6) is -0.645. The average Bonchev–Trinajstić information content (AvgIpc) is 3.30. The zero-order chi connectivity index (χ0) is 23.3. The Kier molecular flexibility index (Phi) is 6.06. The van der Waals surface area contributed by atoms with E-state index in [2.05, 4.69) is 15.0 Å². The van der Waals surface area contributed by atoms with Gasteiger partial charge in [-0.15, -0.1) is 0 Å². The molecule has 0 spiro atoms. The lowest BCUT2D eigenvalue weighted by atomic mass is 10.1. The number of fused-ring (bicyclic) bond motifs is 2. The highest BCUT2D eigenvalue weighted by Crippen LogP contribution is 2.46. The van der Waals surface area contributed by atoms with Gasteiger partial charge in [0.1, 0.15) is 43.3 Å². The van der Waals surface area contributed by atoms with Crippen LogP contribution < -0.4 is 10.6 Å². The first-order valence-electron chi connectivity index (χ1n) is 10.2. The highest BCUT2D eigenvalue weighted by atomic mass is 31.2. The summed E-state index contributed by atoms with van der Waals surface area (Å²) < 4.78 is 42.7. The topological polar surface area (TPSA) is 156 Å². The number of phosphoric acid groups is 1. The SMILES string of the molecule is CC1(C)O[C@@H]2[C@H](O1)[C@@H](COP(=O)([O-])OCC[N+](C)(C)C)O[C@H]2n1cnc2c(N)ncnc21. The molecule has 32 heavy (non-hydrogen) atoms. The van der Waals surface area contributed by atoms with Gasteiger partial charge in [0.15, 0.2) is 23.5 Å². The molecule has 2 saturated heterocycles. The highest BCUT2D eigenvalue weighted by Gasteiger charge is 2.56. The number of likely N-dealkylation sites (N-methyl/N-ethyl adjacent to an activating group) is 1. The molecule has 0 radical (unpaired) electrons. The van der Waals surface area contributed by atoms with E-state index >= 15 is 0 Å². The first kappa shape index (κ1) is 23.5. The van der Waals surface area contributed by atoms with Gasteiger partial charge in [-0.3, -0.25) is 9.13 Å². The van der Waals surface area contributed by atoms with E-state index < -0.39 is 38.1 Å². The molecule has 4 heterocycles. The van der Waals surface area contributed by atoms with Gasteiger partial charge in [0.2, 0.25) is 0 Å². The predicted molar refractivity (Wildman–Crippen MR) is 110 cm³/mol. The van der Waals surface area contributed by atoms with Gasteiger partial charge in [-0.05, 0) is 13.8 Å². The first-order chi connectivity index (χ1) is 14.9. The van der Waals surface area contributed by atoms with Crippen LogP contribution in [0, 0.1) is 0 Å². The Balaban J connectivity index is 1.49. The number of phosphoric ester groups is 1. The van der Waals surface area contributed by atoms with Crippen molar-refractivity contribution in [1.82, 2.24) is 19.5 Å². The normalized spacial score (nSPS) is 29.3. The van der Waals surface area contributed by atoms with Crippen LogP contribution in [0.5, 0.6) is 0 Å². The summed E-state index contributed by atoms with van der Waals surface area (Å²) in [5, 5.41) is 0. The van der Waals surface area contributed by atoms with E-state index in [0.717, 1.165) is 0 Å². The molecule has 0 bridgehead atoms. The third-order valence-corrected chi connectivity index (χ3v) is 6.16. The second-order valence-electron chi connectivity index (χ2n) is 9.30. The van der Waals surface area contributed by atoms with Crippen molar-refractivity contribution in [2.24, 2.45) is 0 Å². The van der Waals surface area contributed by atoms with Gasteiger partial charge in [-0.2, -0.15) is 0 Å². The molecule has 2 aromatic rings. The Morgan fingerprint density at radius 2 is 1.94 bits per heavy atom. The number of nitrogens with zero attached hydrogens (tertiary/aromatic N) is 5. The van der Waals surface area contributed by atoms with Crippen molar-refractivity contribution in [2.45, 2.75) is 44.2 Å². The number of hydrogen-bond acceptors (Lipinski definition) is 11. The molecule has 2 aliphatic heterocycles. The smallest absolute Gasteiger partial charge is 0.268 e. The Labute approximate surface area is 185 Å². The second-order valence-corrected chi connectivity index (χ2v) is 10.7. The van der Waals surface area contributed by atoms with E-state index in [1.165, 1.54) is 12.7 Å². The summed E-state index contributed by atoms with van der Waals surface area (Å²) in [7, 11) is 1.29. The van der Waals surface area contributed by atoms with E-state index in [4.69, 9.17) is 29.0 Å². The summed E-state index contributed by atoms with van der Waals surface area (Å²) in [5.41, 5.74) is 6.78. The molecule has 14 heteroatoms. The third-order valence-electron chi connectivity index (χ3n) is 5.19. The monoisotopic (exact) mass is 472 g/mol. The molecule has 0 saturated carbocycles. The minimum atomic E-state index is -4.52. The molecule has 2 N–H and O–H groups in total. The average molecular weight is 472 g/mol. The van der Waals surface area contributed by atoms with Gasteiger partial charge < -0.3 is 38.4 Å². The summed E-state index contributed by atoms with van der Waals surface area (Å²) in [6.45, 7) is 3.79. The van der Waals surface area contributed by atoms with Crippen LogP contribution in [-0.2, 0) is 27.8 Å². The molecule has 2 aliphatic rings. The van der Waals surface area contributed by atoms with Gasteiger partial charge in [-0.25, -0.2) is 15.0 Å².